The molecule has 0 N–H and O–H groups in total. The molecule has 8 heteroatoms. The molecule has 3 atom stereocenters. The van der Waals surface area contributed by atoms with E-state index in [9.17, 15) is 19.2 Å². The summed E-state index contributed by atoms with van der Waals surface area (Å²) in [6, 6.07) is -1.55. The number of ether oxygens (including phenoxy) is 1. The number of carbonyl (C=O) groups excluding carboxylic acids is 4. The van der Waals surface area contributed by atoms with Gasteiger partial charge in [-0.15, -0.1) is 0 Å². The Bertz CT molecular complexity index is 804. The Morgan fingerprint density at radius 2 is 1.47 bits per heavy atom. The maximum Gasteiger partial charge on any atom is 0.246 e. The number of carbonyl (C=O) groups is 4. The molecule has 2 heterocycles. The van der Waals surface area contributed by atoms with Gasteiger partial charge in [0.15, 0.2) is 5.78 Å². The van der Waals surface area contributed by atoms with Gasteiger partial charge in [0.25, 0.3) is 0 Å². The van der Waals surface area contributed by atoms with Crippen LogP contribution in [0.3, 0.4) is 0 Å². The Morgan fingerprint density at radius 3 is 1.97 bits per heavy atom. The molecule has 220 valence electrons. The van der Waals surface area contributed by atoms with E-state index in [4.69, 9.17) is 4.74 Å². The monoisotopic (exact) mass is 537 g/mol. The van der Waals surface area contributed by atoms with Gasteiger partial charge in [0.05, 0.1) is 18.2 Å². The average Bonchev–Trinajstić information content (AvgIpc) is 3.55. The van der Waals surface area contributed by atoms with E-state index in [0.717, 1.165) is 12.8 Å². The van der Waals surface area contributed by atoms with E-state index in [1.807, 2.05) is 41.5 Å². The molecule has 0 bridgehead atoms. The van der Waals surface area contributed by atoms with Gasteiger partial charge in [-0.25, -0.2) is 0 Å². The molecule has 2 saturated heterocycles. The summed E-state index contributed by atoms with van der Waals surface area (Å²) in [5.74, 6) is -0.352. The minimum absolute atomic E-state index is 0.0295. The summed E-state index contributed by atoms with van der Waals surface area (Å²) in [5.41, 5.74) is -0.378. The minimum Gasteiger partial charge on any atom is -0.375 e. The first-order valence-corrected chi connectivity index (χ1v) is 14.8. The lowest BCUT2D eigenvalue weighted by molar-refractivity contribution is -0.151. The molecule has 0 spiro atoms. The third-order valence-electron chi connectivity index (χ3n) is 7.37. The number of Topliss-reactive ketones (excluding diaryl/α,β-unsaturated/α-hetero) is 1. The van der Waals surface area contributed by atoms with E-state index in [1.165, 1.54) is 6.92 Å². The van der Waals surface area contributed by atoms with Gasteiger partial charge in [-0.05, 0) is 71.6 Å². The molecule has 38 heavy (non-hydrogen) atoms. The van der Waals surface area contributed by atoms with Crippen LogP contribution in [0.4, 0.5) is 0 Å². The number of hydrogen-bond acceptors (Lipinski definition) is 5. The average molecular weight is 538 g/mol. The first-order chi connectivity index (χ1) is 17.7. The van der Waals surface area contributed by atoms with E-state index >= 15 is 0 Å². The number of rotatable bonds is 11. The van der Waals surface area contributed by atoms with Gasteiger partial charge in [-0.2, -0.15) is 0 Å². The fourth-order valence-electron chi connectivity index (χ4n) is 5.28. The second-order valence-corrected chi connectivity index (χ2v) is 12.2. The number of amides is 3. The highest BCUT2D eigenvalue weighted by Gasteiger charge is 2.44. The van der Waals surface area contributed by atoms with Crippen molar-refractivity contribution in [3.05, 3.63) is 0 Å². The van der Waals surface area contributed by atoms with Crippen LogP contribution < -0.4 is 0 Å². The van der Waals surface area contributed by atoms with Crippen molar-refractivity contribution in [3.63, 3.8) is 0 Å². The molecule has 0 aliphatic carbocycles. The van der Waals surface area contributed by atoms with Crippen LogP contribution >= 0.6 is 0 Å². The van der Waals surface area contributed by atoms with Crippen molar-refractivity contribution in [1.82, 2.24) is 14.7 Å². The Balaban J connectivity index is 0.00000352. The lowest BCUT2D eigenvalue weighted by atomic mass is 9.96. The summed E-state index contributed by atoms with van der Waals surface area (Å²) >= 11 is 0. The number of nitrogens with zero attached hydrogens (tertiary/aromatic N) is 3. The van der Waals surface area contributed by atoms with Crippen LogP contribution in [0.2, 0.25) is 0 Å². The number of likely N-dealkylation sites (tertiary alicyclic amines) is 2. The largest absolute Gasteiger partial charge is 0.375 e. The molecule has 3 unspecified atom stereocenters. The third-order valence-corrected chi connectivity index (χ3v) is 7.37. The highest BCUT2D eigenvalue weighted by molar-refractivity contribution is 5.95. The van der Waals surface area contributed by atoms with Crippen molar-refractivity contribution in [2.75, 3.05) is 26.2 Å². The lowest BCUT2D eigenvalue weighted by Crippen LogP contribution is -2.55. The van der Waals surface area contributed by atoms with Gasteiger partial charge < -0.3 is 19.4 Å². The molecule has 0 saturated carbocycles. The highest BCUT2D eigenvalue weighted by Crippen LogP contribution is 2.28. The van der Waals surface area contributed by atoms with Crippen molar-refractivity contribution in [2.24, 2.45) is 5.41 Å². The molecule has 2 aliphatic rings. The summed E-state index contributed by atoms with van der Waals surface area (Å²) in [6.07, 6.45) is 4.20. The molecule has 0 aromatic rings. The summed E-state index contributed by atoms with van der Waals surface area (Å²) in [5, 5.41) is 0. The predicted octanol–water partition coefficient (Wildman–Crippen LogP) is 4.83. The molecule has 8 nitrogen and oxygen atoms in total. The normalized spacial score (nSPS) is 20.6. The van der Waals surface area contributed by atoms with E-state index in [0.29, 0.717) is 58.3 Å². The van der Waals surface area contributed by atoms with Crippen molar-refractivity contribution >= 4 is 23.5 Å². The van der Waals surface area contributed by atoms with Crippen LogP contribution in [0.15, 0.2) is 0 Å². The standard InChI is InChI=1S/C28H49N3O5.C2H6/c1-9-21(20(3)32)29(10-2)25(34)23-14-12-18-31(23)26(35)22-13-11-17-30(22)24(33)15-16-28(7,8)36-19-27(4,5)6;1-2/h21-23H,9-19H2,1-8H3;1-2H3. The fraction of sp³-hybridized carbons (Fsp3) is 0.867. The van der Waals surface area contributed by atoms with E-state index < -0.39 is 23.7 Å². The number of ketones is 1. The van der Waals surface area contributed by atoms with E-state index in [-0.39, 0.29) is 28.9 Å². The molecular weight excluding hydrogens is 482 g/mol. The van der Waals surface area contributed by atoms with Crippen molar-refractivity contribution in [2.45, 2.75) is 138 Å². The van der Waals surface area contributed by atoms with Crippen LogP contribution in [-0.2, 0) is 23.9 Å². The number of hydrogen-bond donors (Lipinski definition) is 0. The quantitative estimate of drug-likeness (QED) is 0.377. The maximum absolute atomic E-state index is 13.6. The van der Waals surface area contributed by atoms with Gasteiger partial charge in [-0.1, -0.05) is 41.5 Å². The zero-order chi connectivity index (χ0) is 29.3. The number of likely N-dealkylation sites (N-methyl/N-ethyl adjacent to an activating group) is 1. The van der Waals surface area contributed by atoms with Gasteiger partial charge in [-0.3, -0.25) is 19.2 Å². The van der Waals surface area contributed by atoms with Crippen LogP contribution in [0.1, 0.15) is 114 Å². The van der Waals surface area contributed by atoms with E-state index in [2.05, 4.69) is 20.8 Å². The van der Waals surface area contributed by atoms with Crippen LogP contribution in [-0.4, -0.2) is 88.2 Å². The second kappa shape index (κ2) is 15.0. The first-order valence-electron chi connectivity index (χ1n) is 14.8. The Hall–Kier alpha value is -1.96. The smallest absolute Gasteiger partial charge is 0.246 e. The summed E-state index contributed by atoms with van der Waals surface area (Å²) in [4.78, 5) is 57.4. The molecular formula is C30H55N3O5. The van der Waals surface area contributed by atoms with Gasteiger partial charge in [0, 0.05) is 26.1 Å². The van der Waals surface area contributed by atoms with Crippen LogP contribution in [0, 0.1) is 5.41 Å². The topological polar surface area (TPSA) is 87.2 Å². The fourth-order valence-corrected chi connectivity index (χ4v) is 5.28. The summed E-state index contributed by atoms with van der Waals surface area (Å²) in [6.45, 7) is 21.8. The zero-order valence-corrected chi connectivity index (χ0v) is 25.9. The predicted molar refractivity (Wildman–Crippen MR) is 152 cm³/mol. The summed E-state index contributed by atoms with van der Waals surface area (Å²) < 4.78 is 6.07. The SMILES string of the molecule is CC.CCC(C(C)=O)N(CC)C(=O)C1CCCN1C(=O)C1CCCN1C(=O)CCC(C)(C)OCC(C)(C)C. The Morgan fingerprint density at radius 1 is 0.921 bits per heavy atom. The maximum atomic E-state index is 13.6. The molecule has 0 aromatic heterocycles. The van der Waals surface area contributed by atoms with Gasteiger partial charge in [0.1, 0.15) is 12.1 Å². The molecule has 2 fully saturated rings. The van der Waals surface area contributed by atoms with Gasteiger partial charge in [0.2, 0.25) is 17.7 Å². The minimum atomic E-state index is -0.562. The van der Waals surface area contributed by atoms with Crippen LogP contribution in [0.5, 0.6) is 0 Å². The summed E-state index contributed by atoms with van der Waals surface area (Å²) in [7, 11) is 0. The van der Waals surface area contributed by atoms with Crippen molar-refractivity contribution in [3.8, 4) is 0 Å². The highest BCUT2D eigenvalue weighted by atomic mass is 16.5. The Labute approximate surface area is 231 Å². The zero-order valence-electron chi connectivity index (χ0n) is 25.9. The molecule has 3 amide bonds. The lowest BCUT2D eigenvalue weighted by Gasteiger charge is -2.36. The molecule has 2 rings (SSSR count). The second-order valence-electron chi connectivity index (χ2n) is 12.2. The molecule has 0 radical (unpaired) electrons. The molecule has 2 aliphatic heterocycles. The third kappa shape index (κ3) is 9.35. The van der Waals surface area contributed by atoms with Gasteiger partial charge >= 0.3 is 0 Å². The van der Waals surface area contributed by atoms with Crippen LogP contribution in [0.25, 0.3) is 0 Å². The molecule has 0 aromatic carbocycles. The van der Waals surface area contributed by atoms with E-state index in [1.54, 1.807) is 14.7 Å². The van der Waals surface area contributed by atoms with Crippen molar-refractivity contribution < 1.29 is 23.9 Å². The first kappa shape index (κ1) is 34.1. The van der Waals surface area contributed by atoms with Crippen molar-refractivity contribution in [1.29, 1.82) is 0 Å². The Kier molecular flexibility index (Phi) is 13.4.